The molecule has 0 amide bonds. The fourth-order valence-corrected chi connectivity index (χ4v) is 3.83. The van der Waals surface area contributed by atoms with Crippen LogP contribution >= 0.6 is 0 Å². The van der Waals surface area contributed by atoms with E-state index in [1.807, 2.05) is 10.9 Å². The molecular weight excluding hydrogens is 286 g/mol. The topological polar surface area (TPSA) is 64.0 Å². The Morgan fingerprint density at radius 2 is 2.14 bits per heavy atom. The van der Waals surface area contributed by atoms with Crippen molar-refractivity contribution in [2.45, 2.75) is 53.1 Å². The molecule has 1 unspecified atom stereocenters. The van der Waals surface area contributed by atoms with Crippen LogP contribution in [0.5, 0.6) is 0 Å². The quantitative estimate of drug-likeness (QED) is 0.872. The molecule has 0 aliphatic heterocycles. The van der Waals surface area contributed by atoms with Crippen molar-refractivity contribution < 1.29 is 8.42 Å². The van der Waals surface area contributed by atoms with E-state index in [0.717, 1.165) is 19.4 Å². The van der Waals surface area contributed by atoms with Gasteiger partial charge in [-0.15, -0.1) is 0 Å². The highest BCUT2D eigenvalue weighted by Crippen LogP contribution is 2.40. The molecule has 1 atom stereocenters. The maximum absolute atomic E-state index is 11.7. The molecule has 6 heteroatoms. The highest BCUT2D eigenvalue weighted by Gasteiger charge is 2.34. The van der Waals surface area contributed by atoms with Gasteiger partial charge in [0.05, 0.1) is 18.5 Å². The van der Waals surface area contributed by atoms with Gasteiger partial charge in [-0.3, -0.25) is 4.68 Å². The van der Waals surface area contributed by atoms with E-state index in [2.05, 4.69) is 31.2 Å². The summed E-state index contributed by atoms with van der Waals surface area (Å²) in [5.41, 5.74) is 2.65. The molecule has 1 heterocycles. The molecular formula is C15H27N3O2S. The molecule has 1 N–H and O–H groups in total. The Morgan fingerprint density at radius 1 is 1.43 bits per heavy atom. The van der Waals surface area contributed by atoms with Crippen LogP contribution in [0.4, 0.5) is 0 Å². The van der Waals surface area contributed by atoms with E-state index in [1.165, 1.54) is 11.3 Å². The summed E-state index contributed by atoms with van der Waals surface area (Å²) < 4.78 is 25.3. The van der Waals surface area contributed by atoms with E-state index < -0.39 is 9.84 Å². The Bertz CT molecular complexity index is 590. The standard InChI is InChI=1S/C15H27N3O2S/c1-5-16-13-9-15(3,4)10-14-12(13)11-17-18(14)7-8-21(19,20)6-2/h11,13,16H,5-10H2,1-4H3. The second kappa shape index (κ2) is 6.08. The van der Waals surface area contributed by atoms with E-state index in [1.54, 1.807) is 6.92 Å². The molecule has 2 rings (SSSR count). The zero-order valence-electron chi connectivity index (χ0n) is 13.5. The number of aryl methyl sites for hydroxylation is 1. The van der Waals surface area contributed by atoms with Gasteiger partial charge in [0.25, 0.3) is 0 Å². The Balaban J connectivity index is 2.24. The van der Waals surface area contributed by atoms with E-state index >= 15 is 0 Å². The Kier molecular flexibility index (Phi) is 4.78. The highest BCUT2D eigenvalue weighted by atomic mass is 32.2. The smallest absolute Gasteiger partial charge is 0.151 e. The van der Waals surface area contributed by atoms with Crippen LogP contribution in [0, 0.1) is 5.41 Å². The van der Waals surface area contributed by atoms with Gasteiger partial charge >= 0.3 is 0 Å². The Hall–Kier alpha value is -0.880. The molecule has 0 spiro atoms. The van der Waals surface area contributed by atoms with Crippen LogP contribution in [-0.4, -0.2) is 36.2 Å². The summed E-state index contributed by atoms with van der Waals surface area (Å²) >= 11 is 0. The summed E-state index contributed by atoms with van der Waals surface area (Å²) in [5, 5.41) is 7.97. The molecule has 1 aromatic heterocycles. The van der Waals surface area contributed by atoms with Crippen LogP contribution in [0.3, 0.4) is 0 Å². The number of nitrogens with zero attached hydrogens (tertiary/aromatic N) is 2. The molecule has 0 radical (unpaired) electrons. The number of sulfone groups is 1. The summed E-state index contributed by atoms with van der Waals surface area (Å²) in [7, 11) is -2.95. The normalized spacial score (nSPS) is 21.2. The average molecular weight is 313 g/mol. The van der Waals surface area contributed by atoms with E-state index in [9.17, 15) is 8.42 Å². The number of rotatable bonds is 6. The maximum Gasteiger partial charge on any atom is 0.151 e. The fourth-order valence-electron chi connectivity index (χ4n) is 3.09. The summed E-state index contributed by atoms with van der Waals surface area (Å²) in [5.74, 6) is 0.367. The van der Waals surface area contributed by atoms with Gasteiger partial charge in [0, 0.05) is 23.1 Å². The lowest BCUT2D eigenvalue weighted by Gasteiger charge is -2.36. The van der Waals surface area contributed by atoms with Gasteiger partial charge in [0.1, 0.15) is 0 Å². The van der Waals surface area contributed by atoms with Crippen molar-refractivity contribution in [1.29, 1.82) is 0 Å². The lowest BCUT2D eigenvalue weighted by Crippen LogP contribution is -2.34. The zero-order valence-corrected chi connectivity index (χ0v) is 14.3. The van der Waals surface area contributed by atoms with Gasteiger partial charge < -0.3 is 5.32 Å². The second-order valence-electron chi connectivity index (χ2n) is 6.66. The largest absolute Gasteiger partial charge is 0.310 e. The van der Waals surface area contributed by atoms with Crippen LogP contribution in [0.2, 0.25) is 0 Å². The second-order valence-corrected chi connectivity index (χ2v) is 9.13. The van der Waals surface area contributed by atoms with Crippen LogP contribution in [0.15, 0.2) is 6.20 Å². The number of hydrogen-bond donors (Lipinski definition) is 1. The molecule has 1 aliphatic rings. The maximum atomic E-state index is 11.7. The van der Waals surface area contributed by atoms with Crippen LogP contribution in [0.25, 0.3) is 0 Å². The van der Waals surface area contributed by atoms with Crippen molar-refractivity contribution in [3.8, 4) is 0 Å². The van der Waals surface area contributed by atoms with Gasteiger partial charge in [0.15, 0.2) is 9.84 Å². The molecule has 1 aromatic rings. The van der Waals surface area contributed by atoms with E-state index in [-0.39, 0.29) is 16.9 Å². The highest BCUT2D eigenvalue weighted by molar-refractivity contribution is 7.91. The molecule has 0 saturated heterocycles. The summed E-state index contributed by atoms with van der Waals surface area (Å²) in [4.78, 5) is 0. The number of aromatic nitrogens is 2. The Labute approximate surface area is 128 Å². The molecule has 0 bridgehead atoms. The van der Waals surface area contributed by atoms with Crippen molar-refractivity contribution in [2.24, 2.45) is 5.41 Å². The van der Waals surface area contributed by atoms with Gasteiger partial charge in [0.2, 0.25) is 0 Å². The number of hydrogen-bond acceptors (Lipinski definition) is 4. The van der Waals surface area contributed by atoms with Crippen molar-refractivity contribution in [3.63, 3.8) is 0 Å². The first-order valence-electron chi connectivity index (χ1n) is 7.76. The first kappa shape index (κ1) is 16.5. The van der Waals surface area contributed by atoms with Crippen molar-refractivity contribution in [1.82, 2.24) is 15.1 Å². The molecule has 0 fully saturated rings. The van der Waals surface area contributed by atoms with E-state index in [0.29, 0.717) is 12.6 Å². The van der Waals surface area contributed by atoms with Gasteiger partial charge in [-0.25, -0.2) is 8.42 Å². The molecule has 120 valence electrons. The van der Waals surface area contributed by atoms with Gasteiger partial charge in [-0.05, 0) is 24.8 Å². The summed E-state index contributed by atoms with van der Waals surface area (Å²) in [6.45, 7) is 9.72. The summed E-state index contributed by atoms with van der Waals surface area (Å²) in [6, 6.07) is 0.324. The molecule has 21 heavy (non-hydrogen) atoms. The van der Waals surface area contributed by atoms with Crippen molar-refractivity contribution >= 4 is 9.84 Å². The average Bonchev–Trinajstić information content (AvgIpc) is 2.78. The van der Waals surface area contributed by atoms with Crippen LogP contribution in [0.1, 0.15) is 51.4 Å². The van der Waals surface area contributed by atoms with Gasteiger partial charge in [-0.2, -0.15) is 5.10 Å². The Morgan fingerprint density at radius 3 is 2.76 bits per heavy atom. The SMILES string of the molecule is CCNC1CC(C)(C)Cc2c1cnn2CCS(=O)(=O)CC. The summed E-state index contributed by atoms with van der Waals surface area (Å²) in [6.07, 6.45) is 3.96. The van der Waals surface area contributed by atoms with Crippen LogP contribution < -0.4 is 5.32 Å². The lowest BCUT2D eigenvalue weighted by atomic mass is 9.74. The molecule has 1 aliphatic carbocycles. The lowest BCUT2D eigenvalue weighted by molar-refractivity contribution is 0.253. The monoisotopic (exact) mass is 313 g/mol. The van der Waals surface area contributed by atoms with Crippen molar-refractivity contribution in [3.05, 3.63) is 17.5 Å². The number of nitrogens with one attached hydrogen (secondary N) is 1. The third kappa shape index (κ3) is 3.86. The van der Waals surface area contributed by atoms with Crippen molar-refractivity contribution in [2.75, 3.05) is 18.1 Å². The molecule has 0 saturated carbocycles. The zero-order chi connectivity index (χ0) is 15.7. The third-order valence-electron chi connectivity index (χ3n) is 4.26. The fraction of sp³-hybridized carbons (Fsp3) is 0.800. The van der Waals surface area contributed by atoms with E-state index in [4.69, 9.17) is 0 Å². The minimum absolute atomic E-state index is 0.171. The molecule has 5 nitrogen and oxygen atoms in total. The predicted octanol–water partition coefficient (Wildman–Crippen LogP) is 1.94. The minimum atomic E-state index is -2.95. The van der Waals surface area contributed by atoms with Crippen LogP contribution in [-0.2, 0) is 22.8 Å². The predicted molar refractivity (Wildman–Crippen MR) is 85.1 cm³/mol. The first-order valence-corrected chi connectivity index (χ1v) is 9.58. The minimum Gasteiger partial charge on any atom is -0.310 e. The third-order valence-corrected chi connectivity index (χ3v) is 5.95. The molecule has 0 aromatic carbocycles. The van der Waals surface area contributed by atoms with Gasteiger partial charge in [-0.1, -0.05) is 27.7 Å². The number of fused-ring (bicyclic) bond motifs is 1. The first-order chi connectivity index (χ1) is 9.78.